The number of ether oxygens (including phenoxy) is 2. The number of hydrogen-bond donors (Lipinski definition) is 5. The highest BCUT2D eigenvalue weighted by molar-refractivity contribution is 6.43. The van der Waals surface area contributed by atoms with Crippen LogP contribution in [-0.2, 0) is 4.79 Å². The molecule has 0 spiro atoms. The maximum Gasteiger partial charge on any atom is 0.261 e. The van der Waals surface area contributed by atoms with Gasteiger partial charge in [0.05, 0.1) is 14.2 Å². The Kier molecular flexibility index (Phi) is 5.30. The molecule has 0 aliphatic heterocycles. The molecular weight excluding hydrogens is 274 g/mol. The lowest BCUT2D eigenvalue weighted by Gasteiger charge is -2.09. The Morgan fingerprint density at radius 1 is 1.29 bits per heavy atom. The Morgan fingerprint density at radius 3 is 2.43 bits per heavy atom. The minimum atomic E-state index is -0.510. The van der Waals surface area contributed by atoms with Gasteiger partial charge in [0.1, 0.15) is 5.70 Å². The Morgan fingerprint density at radius 2 is 1.90 bits per heavy atom. The smallest absolute Gasteiger partial charge is 0.261 e. The molecule has 8 nitrogen and oxygen atoms in total. The van der Waals surface area contributed by atoms with E-state index in [-0.39, 0.29) is 11.4 Å². The van der Waals surface area contributed by atoms with E-state index in [1.165, 1.54) is 14.2 Å². The van der Waals surface area contributed by atoms with Crippen molar-refractivity contribution in [1.82, 2.24) is 0 Å². The van der Waals surface area contributed by atoms with Gasteiger partial charge in [0.15, 0.2) is 17.3 Å². The van der Waals surface area contributed by atoms with E-state index in [9.17, 15) is 4.79 Å². The molecule has 1 aromatic carbocycles. The second-order valence-corrected chi connectivity index (χ2v) is 3.99. The van der Waals surface area contributed by atoms with Crippen LogP contribution in [0.1, 0.15) is 0 Å². The van der Waals surface area contributed by atoms with Crippen molar-refractivity contribution in [2.45, 2.75) is 0 Å². The summed E-state index contributed by atoms with van der Waals surface area (Å²) < 4.78 is 10.2. The molecule has 1 aromatic rings. The minimum absolute atomic E-state index is 0.0829. The van der Waals surface area contributed by atoms with Crippen molar-refractivity contribution in [2.75, 3.05) is 19.5 Å². The largest absolute Gasteiger partial charge is 0.493 e. The molecular formula is C13H18N5O3+. The van der Waals surface area contributed by atoms with Crippen LogP contribution in [0.3, 0.4) is 0 Å². The zero-order chi connectivity index (χ0) is 16.0. The number of nitrogens with two attached hydrogens (primary N) is 3. The summed E-state index contributed by atoms with van der Waals surface area (Å²) in [6.45, 7) is 0. The van der Waals surface area contributed by atoms with Crippen LogP contribution in [0.2, 0.25) is 0 Å². The first-order valence-electron chi connectivity index (χ1n) is 5.86. The fourth-order valence-electron chi connectivity index (χ4n) is 1.47. The van der Waals surface area contributed by atoms with Crippen LogP contribution in [0.5, 0.6) is 11.5 Å². The first-order chi connectivity index (χ1) is 9.88. The van der Waals surface area contributed by atoms with Gasteiger partial charge < -0.3 is 26.3 Å². The summed E-state index contributed by atoms with van der Waals surface area (Å²) >= 11 is 0. The number of methoxy groups -OCH3 is 2. The number of carbonyl (C=O) groups excluding carboxylic acids is 1. The molecule has 112 valence electrons. The van der Waals surface area contributed by atoms with Crippen LogP contribution in [0, 0.1) is 5.41 Å². The zero-order valence-electron chi connectivity index (χ0n) is 11.8. The average Bonchev–Trinajstić information content (AvgIpc) is 2.45. The van der Waals surface area contributed by atoms with Crippen LogP contribution < -0.4 is 31.7 Å². The summed E-state index contributed by atoms with van der Waals surface area (Å²) in [4.78, 5) is 11.8. The van der Waals surface area contributed by atoms with Crippen LogP contribution in [-0.4, -0.2) is 31.7 Å². The number of rotatable bonds is 6. The summed E-state index contributed by atoms with van der Waals surface area (Å²) in [6, 6.07) is 4.89. The second kappa shape index (κ2) is 6.94. The van der Waals surface area contributed by atoms with Crippen molar-refractivity contribution in [2.24, 2.45) is 11.5 Å². The number of nitrogens with one attached hydrogen (secondary N) is 2. The number of anilines is 1. The highest BCUT2D eigenvalue weighted by Gasteiger charge is 2.13. The molecule has 1 rings (SSSR count). The lowest BCUT2D eigenvalue weighted by molar-refractivity contribution is -0.113. The van der Waals surface area contributed by atoms with E-state index in [1.54, 1.807) is 18.2 Å². The van der Waals surface area contributed by atoms with E-state index in [2.05, 4.69) is 5.32 Å². The summed E-state index contributed by atoms with van der Waals surface area (Å²) in [5.74, 6) is 0.105. The molecule has 8 N–H and O–H groups in total. The molecule has 0 saturated carbocycles. The van der Waals surface area contributed by atoms with Crippen molar-refractivity contribution < 1.29 is 19.7 Å². The third-order valence-corrected chi connectivity index (χ3v) is 2.54. The number of amides is 1. The average molecular weight is 292 g/mol. The van der Waals surface area contributed by atoms with Gasteiger partial charge in [0.25, 0.3) is 11.6 Å². The first-order valence-corrected chi connectivity index (χ1v) is 5.86. The highest BCUT2D eigenvalue weighted by atomic mass is 16.5. The Bertz CT molecular complexity index is 610. The molecule has 8 heteroatoms. The van der Waals surface area contributed by atoms with Gasteiger partial charge in [0.2, 0.25) is 0 Å². The van der Waals surface area contributed by atoms with E-state index in [0.29, 0.717) is 17.2 Å². The number of hydrogen-bond acceptors (Lipinski definition) is 5. The fourth-order valence-corrected chi connectivity index (χ4v) is 1.47. The van der Waals surface area contributed by atoms with Crippen LogP contribution >= 0.6 is 0 Å². The van der Waals surface area contributed by atoms with Crippen molar-refractivity contribution in [1.29, 1.82) is 5.41 Å². The monoisotopic (exact) mass is 292 g/mol. The maximum atomic E-state index is 11.8. The van der Waals surface area contributed by atoms with E-state index in [0.717, 1.165) is 6.08 Å². The fraction of sp³-hybridized carbons (Fsp3) is 0.154. The van der Waals surface area contributed by atoms with Gasteiger partial charge in [0, 0.05) is 17.8 Å². The number of amidine groups is 1. The third kappa shape index (κ3) is 4.23. The highest BCUT2D eigenvalue weighted by Crippen LogP contribution is 2.29. The van der Waals surface area contributed by atoms with Gasteiger partial charge >= 0.3 is 0 Å². The normalized spacial score (nSPS) is 10.7. The summed E-state index contributed by atoms with van der Waals surface area (Å²) in [6.07, 6.45) is 1.05. The predicted octanol–water partition coefficient (Wildman–Crippen LogP) is -1.38. The molecule has 0 fully saturated rings. The van der Waals surface area contributed by atoms with Crippen LogP contribution in [0.4, 0.5) is 5.69 Å². The zero-order valence-corrected chi connectivity index (χ0v) is 11.8. The summed E-state index contributed by atoms with van der Waals surface area (Å²) in [5, 5.41) is 15.2. The Labute approximate surface area is 121 Å². The van der Waals surface area contributed by atoms with E-state index >= 15 is 0 Å². The summed E-state index contributed by atoms with van der Waals surface area (Å²) in [5.41, 5.74) is 11.0. The molecule has 0 aliphatic carbocycles. The Balaban J connectivity index is 2.86. The van der Waals surface area contributed by atoms with Crippen LogP contribution in [0.15, 0.2) is 30.0 Å². The van der Waals surface area contributed by atoms with Gasteiger partial charge in [-0.2, -0.15) is 0 Å². The number of benzene rings is 1. The summed E-state index contributed by atoms with van der Waals surface area (Å²) in [7, 11) is 3.00. The molecule has 0 aromatic heterocycles. The molecule has 0 heterocycles. The van der Waals surface area contributed by atoms with Crippen molar-refractivity contribution in [3.8, 4) is 11.5 Å². The standard InChI is InChI=1S/C13H17N5O3/c1-20-9-4-3-7(5-10(9)21-2)18-11(19)6-8(14)12(15)13(16)17/h3-6,15H,14H2,1-2H3,(H3,16,17)(H,18,19)/p+1/b8-6+,15-12?. The molecule has 1 amide bonds. The van der Waals surface area contributed by atoms with Gasteiger partial charge in [-0.1, -0.05) is 0 Å². The van der Waals surface area contributed by atoms with Crippen LogP contribution in [0.25, 0.3) is 0 Å². The molecule has 0 saturated heterocycles. The molecule has 0 aliphatic rings. The van der Waals surface area contributed by atoms with Crippen molar-refractivity contribution in [3.05, 3.63) is 30.0 Å². The SMILES string of the molecule is COc1ccc(NC(=O)/C=C(/N)C(=[NH2+])C(=N)N)cc1OC. The predicted molar refractivity (Wildman–Crippen MR) is 79.3 cm³/mol. The topological polar surface area (TPSA) is 149 Å². The lowest BCUT2D eigenvalue weighted by atomic mass is 10.2. The van der Waals surface area contributed by atoms with Crippen molar-refractivity contribution in [3.63, 3.8) is 0 Å². The molecule has 0 radical (unpaired) electrons. The van der Waals surface area contributed by atoms with E-state index in [4.69, 9.17) is 31.8 Å². The Hall–Kier alpha value is -3.03. The van der Waals surface area contributed by atoms with Gasteiger partial charge in [-0.15, -0.1) is 0 Å². The third-order valence-electron chi connectivity index (χ3n) is 2.54. The van der Waals surface area contributed by atoms with Gasteiger partial charge in [-0.25, -0.2) is 5.41 Å². The van der Waals surface area contributed by atoms with E-state index in [1.807, 2.05) is 0 Å². The van der Waals surface area contributed by atoms with Gasteiger partial charge in [-0.3, -0.25) is 10.2 Å². The van der Waals surface area contributed by atoms with E-state index < -0.39 is 11.7 Å². The first kappa shape index (κ1) is 16.0. The molecule has 0 atom stereocenters. The van der Waals surface area contributed by atoms with Gasteiger partial charge in [-0.05, 0) is 12.1 Å². The second-order valence-electron chi connectivity index (χ2n) is 3.99. The quantitative estimate of drug-likeness (QED) is 0.249. The lowest BCUT2D eigenvalue weighted by Crippen LogP contribution is -2.50. The maximum absolute atomic E-state index is 11.8. The minimum Gasteiger partial charge on any atom is -0.493 e. The number of carbonyl (C=O) groups is 1. The van der Waals surface area contributed by atoms with Crippen molar-refractivity contribution >= 4 is 23.1 Å². The molecule has 0 unspecified atom stereocenters. The molecule has 21 heavy (non-hydrogen) atoms. The molecule has 0 bridgehead atoms.